The average molecular weight is 613 g/mol. The Hall–Kier alpha value is -3.75. The van der Waals surface area contributed by atoms with Crippen LogP contribution < -0.4 is 0 Å². The highest BCUT2D eigenvalue weighted by atomic mass is 16.7. The molecular weight excluding hydrogens is 564 g/mol. The molecule has 0 aliphatic carbocycles. The fraction of sp³-hybridized carbons (Fsp3) is 0.710. The second-order valence-electron chi connectivity index (χ2n) is 10.3. The maximum absolute atomic E-state index is 12.2. The van der Waals surface area contributed by atoms with Gasteiger partial charge in [-0.25, -0.2) is 9.59 Å². The van der Waals surface area contributed by atoms with Crippen LogP contribution >= 0.6 is 0 Å². The molecule has 0 saturated heterocycles. The fourth-order valence-electron chi connectivity index (χ4n) is 3.45. The van der Waals surface area contributed by atoms with Crippen molar-refractivity contribution in [1.82, 2.24) is 0 Å². The zero-order valence-electron chi connectivity index (χ0n) is 26.4. The van der Waals surface area contributed by atoms with Gasteiger partial charge in [-0.3, -0.25) is 14.4 Å². The van der Waals surface area contributed by atoms with E-state index >= 15 is 0 Å². The lowest BCUT2D eigenvalue weighted by atomic mass is 9.94. The Morgan fingerprint density at radius 1 is 0.744 bits per heavy atom. The Morgan fingerprint density at radius 3 is 1.88 bits per heavy atom. The van der Waals surface area contributed by atoms with Crippen molar-refractivity contribution in [3.8, 4) is 11.8 Å². The molecule has 2 atom stereocenters. The van der Waals surface area contributed by atoms with E-state index in [1.807, 2.05) is 6.92 Å². The largest absolute Gasteiger partial charge is 0.509 e. The number of carbonyl (C=O) groups is 5. The molecule has 0 rings (SSSR count). The summed E-state index contributed by atoms with van der Waals surface area (Å²) in [6.07, 6.45) is 7.37. The average Bonchev–Trinajstić information content (AvgIpc) is 2.97. The molecular formula is C31H48O12. The fourth-order valence-corrected chi connectivity index (χ4v) is 3.45. The summed E-state index contributed by atoms with van der Waals surface area (Å²) in [5.74, 6) is 4.57. The first-order valence-corrected chi connectivity index (χ1v) is 14.5. The molecule has 0 aliphatic rings. The molecule has 0 aromatic rings. The van der Waals surface area contributed by atoms with E-state index in [4.69, 9.17) is 23.7 Å². The van der Waals surface area contributed by atoms with Crippen molar-refractivity contribution >= 4 is 30.2 Å². The highest BCUT2D eigenvalue weighted by Gasteiger charge is 2.30. The molecule has 0 N–H and O–H groups in total. The molecule has 0 saturated carbocycles. The molecule has 12 heteroatoms. The first-order chi connectivity index (χ1) is 20.4. The van der Waals surface area contributed by atoms with E-state index in [1.165, 1.54) is 28.1 Å². The highest BCUT2D eigenvalue weighted by molar-refractivity contribution is 5.69. The number of unbranched alkanes of at least 4 members (excludes halogenated alkanes) is 6. The van der Waals surface area contributed by atoms with Gasteiger partial charge in [0.2, 0.25) is 0 Å². The van der Waals surface area contributed by atoms with Crippen LogP contribution in [-0.2, 0) is 47.5 Å². The van der Waals surface area contributed by atoms with E-state index in [0.29, 0.717) is 19.3 Å². The van der Waals surface area contributed by atoms with E-state index in [9.17, 15) is 24.0 Å². The lowest BCUT2D eigenvalue weighted by Gasteiger charge is -2.27. The number of hydrogen-bond donors (Lipinski definition) is 0. The number of carbonyl (C=O) groups excluding carboxylic acids is 5. The number of esters is 3. The number of methoxy groups -OCH3 is 2. The molecule has 0 bridgehead atoms. The molecule has 0 radical (unpaired) electrons. The minimum Gasteiger partial charge on any atom is -0.465 e. The Balaban J connectivity index is 4.56. The molecule has 0 aromatic carbocycles. The van der Waals surface area contributed by atoms with E-state index < -0.39 is 41.9 Å². The third-order valence-corrected chi connectivity index (χ3v) is 5.90. The van der Waals surface area contributed by atoms with Crippen molar-refractivity contribution in [2.75, 3.05) is 34.0 Å². The van der Waals surface area contributed by atoms with Crippen LogP contribution in [0, 0.1) is 17.3 Å². The number of rotatable bonds is 20. The van der Waals surface area contributed by atoms with E-state index in [-0.39, 0.29) is 32.2 Å². The summed E-state index contributed by atoms with van der Waals surface area (Å²) in [6, 6.07) is 0. The van der Waals surface area contributed by atoms with Crippen LogP contribution in [0.1, 0.15) is 91.9 Å². The third kappa shape index (κ3) is 22.5. The summed E-state index contributed by atoms with van der Waals surface area (Å²) in [4.78, 5) is 57.6. The van der Waals surface area contributed by atoms with Crippen LogP contribution in [0.25, 0.3) is 0 Å². The summed E-state index contributed by atoms with van der Waals surface area (Å²) < 4.78 is 34.9. The second-order valence-corrected chi connectivity index (χ2v) is 10.3. The van der Waals surface area contributed by atoms with Gasteiger partial charge >= 0.3 is 30.2 Å². The Kier molecular flexibility index (Phi) is 21.7. The number of ether oxygens (including phenoxy) is 7. The van der Waals surface area contributed by atoms with E-state index in [0.717, 1.165) is 38.5 Å². The van der Waals surface area contributed by atoms with Gasteiger partial charge in [-0.05, 0) is 44.8 Å². The van der Waals surface area contributed by atoms with Gasteiger partial charge in [-0.15, -0.1) is 0 Å². The van der Waals surface area contributed by atoms with Gasteiger partial charge in [-0.2, -0.15) is 0 Å². The van der Waals surface area contributed by atoms with Crippen LogP contribution in [0.5, 0.6) is 0 Å². The second kappa shape index (κ2) is 23.8. The quantitative estimate of drug-likeness (QED) is 0.0566. The smallest absolute Gasteiger partial charge is 0.465 e. The first-order valence-electron chi connectivity index (χ1n) is 14.5. The SMILES string of the molecule is CCCCC(/C=C/C(C#CCCCCCCCC(=O)OCC(C)(COC(C)=O)COC(C)=O)OC(=O)OC)OC(=O)OC. The van der Waals surface area contributed by atoms with Crippen molar-refractivity contribution in [3.05, 3.63) is 12.2 Å². The normalized spacial score (nSPS) is 12.2. The van der Waals surface area contributed by atoms with Gasteiger partial charge in [0, 0.05) is 26.7 Å². The minimum atomic E-state index is -0.875. The van der Waals surface area contributed by atoms with Gasteiger partial charge in [0.25, 0.3) is 0 Å². The molecule has 0 aliphatic heterocycles. The standard InChI is InChI=1S/C31H48O12/c1-7-8-16-26(42-29(35)37-5)19-20-27(43-30(36)38-6)17-14-12-10-9-11-13-15-18-28(34)41-23-31(4,21-39-24(2)32)22-40-25(3)33/h19-20,26-27H,7-13,15-16,18,21-23H2,1-6H3/b20-19+. The summed E-state index contributed by atoms with van der Waals surface area (Å²) in [6.45, 7) is 6.15. The van der Waals surface area contributed by atoms with Crippen molar-refractivity contribution in [2.24, 2.45) is 5.41 Å². The maximum atomic E-state index is 12.2. The van der Waals surface area contributed by atoms with E-state index in [2.05, 4.69) is 21.3 Å². The number of hydrogen-bond acceptors (Lipinski definition) is 12. The van der Waals surface area contributed by atoms with Crippen LogP contribution in [0.15, 0.2) is 12.2 Å². The predicted octanol–water partition coefficient (Wildman–Crippen LogP) is 5.45. The zero-order valence-corrected chi connectivity index (χ0v) is 26.4. The molecule has 0 aromatic heterocycles. The summed E-state index contributed by atoms with van der Waals surface area (Å²) in [5.41, 5.74) is -0.835. The van der Waals surface area contributed by atoms with Crippen LogP contribution in [0.3, 0.4) is 0 Å². The van der Waals surface area contributed by atoms with Crippen LogP contribution in [0.2, 0.25) is 0 Å². The highest BCUT2D eigenvalue weighted by Crippen LogP contribution is 2.19. The topological polar surface area (TPSA) is 150 Å². The van der Waals surface area contributed by atoms with Gasteiger partial charge < -0.3 is 33.2 Å². The van der Waals surface area contributed by atoms with Crippen LogP contribution in [0.4, 0.5) is 9.59 Å². The third-order valence-electron chi connectivity index (χ3n) is 5.90. The van der Waals surface area contributed by atoms with Gasteiger partial charge in [0.15, 0.2) is 6.10 Å². The van der Waals surface area contributed by atoms with Crippen molar-refractivity contribution in [3.63, 3.8) is 0 Å². The minimum absolute atomic E-state index is 0.0408. The van der Waals surface area contributed by atoms with E-state index in [1.54, 1.807) is 19.1 Å². The van der Waals surface area contributed by atoms with Gasteiger partial charge in [0.05, 0.1) is 19.6 Å². The lowest BCUT2D eigenvalue weighted by Crippen LogP contribution is -2.36. The van der Waals surface area contributed by atoms with Crippen molar-refractivity contribution in [2.45, 2.75) is 104 Å². The molecule has 0 heterocycles. The predicted molar refractivity (Wildman–Crippen MR) is 156 cm³/mol. The lowest BCUT2D eigenvalue weighted by molar-refractivity contribution is -0.158. The zero-order chi connectivity index (χ0) is 32.5. The first kappa shape index (κ1) is 39.2. The Morgan fingerprint density at radius 2 is 1.30 bits per heavy atom. The van der Waals surface area contributed by atoms with Crippen molar-refractivity contribution < 1.29 is 57.1 Å². The van der Waals surface area contributed by atoms with Gasteiger partial charge in [0.1, 0.15) is 25.9 Å². The monoisotopic (exact) mass is 612 g/mol. The Labute approximate surface area is 255 Å². The molecule has 43 heavy (non-hydrogen) atoms. The molecule has 0 fully saturated rings. The molecule has 0 spiro atoms. The van der Waals surface area contributed by atoms with Crippen molar-refractivity contribution in [1.29, 1.82) is 0 Å². The molecule has 2 unspecified atom stereocenters. The summed E-state index contributed by atoms with van der Waals surface area (Å²) in [5, 5.41) is 0. The Bertz CT molecular complexity index is 928. The molecule has 244 valence electrons. The molecule has 12 nitrogen and oxygen atoms in total. The summed E-state index contributed by atoms with van der Waals surface area (Å²) in [7, 11) is 2.43. The summed E-state index contributed by atoms with van der Waals surface area (Å²) >= 11 is 0. The van der Waals surface area contributed by atoms with Gasteiger partial charge in [-0.1, -0.05) is 44.4 Å². The molecule has 0 amide bonds. The van der Waals surface area contributed by atoms with Crippen LogP contribution in [-0.4, -0.2) is 76.5 Å². The maximum Gasteiger partial charge on any atom is 0.509 e.